The van der Waals surface area contributed by atoms with Crippen molar-refractivity contribution in [2.45, 2.75) is 13.0 Å². The topological polar surface area (TPSA) is 72.5 Å². The summed E-state index contributed by atoms with van der Waals surface area (Å²) in [6, 6.07) is 7.25. The molecule has 1 N–H and O–H groups in total. The maximum Gasteiger partial charge on any atom is 0.234 e. The lowest BCUT2D eigenvalue weighted by Gasteiger charge is -2.00. The molecule has 6 nitrogen and oxygen atoms in total. The lowest BCUT2D eigenvalue weighted by Crippen LogP contribution is -1.98. The number of aromatic hydroxyl groups is 1. The van der Waals surface area contributed by atoms with Gasteiger partial charge in [0.25, 0.3) is 0 Å². The van der Waals surface area contributed by atoms with Crippen molar-refractivity contribution in [2.24, 2.45) is 0 Å². The number of para-hydroxylation sites is 1. The summed E-state index contributed by atoms with van der Waals surface area (Å²) >= 11 is 1.46. The summed E-state index contributed by atoms with van der Waals surface area (Å²) < 4.78 is 6.73. The Labute approximate surface area is 113 Å². The van der Waals surface area contributed by atoms with E-state index in [4.69, 9.17) is 4.74 Å². The highest BCUT2D eigenvalue weighted by Crippen LogP contribution is 2.22. The molecule has 0 aliphatic rings. The van der Waals surface area contributed by atoms with Gasteiger partial charge in [-0.1, -0.05) is 29.5 Å². The monoisotopic (exact) mass is 276 g/mol. The lowest BCUT2D eigenvalue weighted by atomic mass is 10.1. The molecule has 0 bridgehead atoms. The van der Waals surface area contributed by atoms with Gasteiger partial charge in [0, 0.05) is 19.1 Å². The molecule has 3 aromatic rings. The molecule has 1 aromatic carbocycles. The first-order valence-electron chi connectivity index (χ1n) is 5.73. The van der Waals surface area contributed by atoms with E-state index in [0.717, 1.165) is 15.5 Å². The predicted molar refractivity (Wildman–Crippen MR) is 70.3 cm³/mol. The molecule has 7 heteroatoms. The van der Waals surface area contributed by atoms with Crippen LogP contribution in [0.1, 0.15) is 16.4 Å². The van der Waals surface area contributed by atoms with E-state index < -0.39 is 0 Å². The lowest BCUT2D eigenvalue weighted by molar-refractivity contribution is 0.176. The van der Waals surface area contributed by atoms with Gasteiger partial charge in [0.2, 0.25) is 4.96 Å². The van der Waals surface area contributed by atoms with Gasteiger partial charge in [-0.25, -0.2) is 0 Å². The number of hydrogen-bond donors (Lipinski definition) is 1. The Kier molecular flexibility index (Phi) is 3.14. The minimum atomic E-state index is 0.283. The van der Waals surface area contributed by atoms with Crippen molar-refractivity contribution in [3.63, 3.8) is 0 Å². The number of rotatable bonds is 4. The first-order valence-corrected chi connectivity index (χ1v) is 6.55. The molecule has 2 aromatic heterocycles. The number of phenolic OH excluding ortho intramolecular Hbond substituents is 1. The van der Waals surface area contributed by atoms with E-state index in [9.17, 15) is 5.11 Å². The minimum absolute atomic E-state index is 0.283. The van der Waals surface area contributed by atoms with Crippen LogP contribution in [0.4, 0.5) is 0 Å². The number of ether oxygens (including phenoxy) is 1. The summed E-state index contributed by atoms with van der Waals surface area (Å²) in [4.78, 5) is 0.734. The molecule has 0 unspecified atom stereocenters. The molecule has 3 rings (SSSR count). The highest BCUT2D eigenvalue weighted by Gasteiger charge is 2.12. The zero-order chi connectivity index (χ0) is 13.2. The number of fused-ring (bicyclic) bond motifs is 1. The van der Waals surface area contributed by atoms with Crippen LogP contribution in [-0.4, -0.2) is 32.0 Å². The third kappa shape index (κ3) is 2.29. The standard InChI is InChI=1S/C12H12N4O2S/c1-18-7-10-13-14-12-16(10)15-11(19-12)6-8-4-2-3-5-9(8)17/h2-5,17H,6-7H2,1H3. The van der Waals surface area contributed by atoms with Crippen molar-refractivity contribution in [1.82, 2.24) is 19.8 Å². The van der Waals surface area contributed by atoms with Crippen LogP contribution in [0.2, 0.25) is 0 Å². The van der Waals surface area contributed by atoms with Gasteiger partial charge >= 0.3 is 0 Å². The van der Waals surface area contributed by atoms with Gasteiger partial charge in [-0.2, -0.15) is 9.61 Å². The molecular formula is C12H12N4O2S. The number of phenols is 1. The van der Waals surface area contributed by atoms with Crippen LogP contribution < -0.4 is 0 Å². The Hall–Kier alpha value is -1.99. The van der Waals surface area contributed by atoms with E-state index in [-0.39, 0.29) is 5.75 Å². The Morgan fingerprint density at radius 1 is 1.32 bits per heavy atom. The van der Waals surface area contributed by atoms with E-state index in [1.165, 1.54) is 11.3 Å². The molecular weight excluding hydrogens is 264 g/mol. The second-order valence-corrected chi connectivity index (χ2v) is 5.09. The van der Waals surface area contributed by atoms with Crippen molar-refractivity contribution >= 4 is 16.3 Å². The third-order valence-electron chi connectivity index (χ3n) is 2.70. The van der Waals surface area contributed by atoms with Crippen molar-refractivity contribution in [1.29, 1.82) is 0 Å². The molecule has 0 amide bonds. The van der Waals surface area contributed by atoms with Gasteiger partial charge < -0.3 is 9.84 Å². The van der Waals surface area contributed by atoms with E-state index in [1.807, 2.05) is 12.1 Å². The molecule has 19 heavy (non-hydrogen) atoms. The summed E-state index contributed by atoms with van der Waals surface area (Å²) in [7, 11) is 1.61. The minimum Gasteiger partial charge on any atom is -0.508 e. The fourth-order valence-corrected chi connectivity index (χ4v) is 2.69. The average molecular weight is 276 g/mol. The molecule has 2 heterocycles. The molecule has 0 aliphatic carbocycles. The molecule has 0 spiro atoms. The summed E-state index contributed by atoms with van der Waals surface area (Å²) in [6.45, 7) is 0.376. The summed E-state index contributed by atoms with van der Waals surface area (Å²) in [5, 5.41) is 23.1. The highest BCUT2D eigenvalue weighted by molar-refractivity contribution is 7.16. The second kappa shape index (κ2) is 4.94. The predicted octanol–water partition coefficient (Wildman–Crippen LogP) is 1.63. The highest BCUT2D eigenvalue weighted by atomic mass is 32.1. The summed E-state index contributed by atoms with van der Waals surface area (Å²) in [6.07, 6.45) is 0.577. The first kappa shape index (κ1) is 12.1. The van der Waals surface area contributed by atoms with Crippen molar-refractivity contribution in [3.8, 4) is 5.75 Å². The van der Waals surface area contributed by atoms with Gasteiger partial charge in [-0.3, -0.25) is 0 Å². The van der Waals surface area contributed by atoms with Crippen molar-refractivity contribution in [2.75, 3.05) is 7.11 Å². The number of benzene rings is 1. The number of methoxy groups -OCH3 is 1. The Balaban J connectivity index is 1.92. The number of hydrogen-bond acceptors (Lipinski definition) is 6. The van der Waals surface area contributed by atoms with Crippen LogP contribution in [0.15, 0.2) is 24.3 Å². The molecule has 0 radical (unpaired) electrons. The zero-order valence-electron chi connectivity index (χ0n) is 10.3. The molecule has 0 aliphatic heterocycles. The van der Waals surface area contributed by atoms with E-state index >= 15 is 0 Å². The fourth-order valence-electron chi connectivity index (χ4n) is 1.81. The fraction of sp³-hybridized carbons (Fsp3) is 0.250. The van der Waals surface area contributed by atoms with Gasteiger partial charge in [-0.15, -0.1) is 10.2 Å². The second-order valence-electron chi connectivity index (χ2n) is 4.04. The molecule has 0 saturated carbocycles. The Morgan fingerprint density at radius 2 is 2.16 bits per heavy atom. The SMILES string of the molecule is COCc1nnc2sc(Cc3ccccc3O)nn12. The molecule has 98 valence electrons. The Morgan fingerprint density at radius 3 is 2.95 bits per heavy atom. The Bertz CT molecular complexity index is 707. The quantitative estimate of drug-likeness (QED) is 0.784. The van der Waals surface area contributed by atoms with Crippen LogP contribution in [0, 0.1) is 0 Å². The van der Waals surface area contributed by atoms with Crippen LogP contribution in [0.3, 0.4) is 0 Å². The van der Waals surface area contributed by atoms with Crippen LogP contribution in [-0.2, 0) is 17.8 Å². The summed E-state index contributed by atoms with van der Waals surface area (Å²) in [5.74, 6) is 0.961. The maximum absolute atomic E-state index is 9.76. The van der Waals surface area contributed by atoms with E-state index in [0.29, 0.717) is 18.9 Å². The number of aromatic nitrogens is 4. The van der Waals surface area contributed by atoms with Crippen molar-refractivity contribution < 1.29 is 9.84 Å². The van der Waals surface area contributed by atoms with E-state index in [2.05, 4.69) is 15.3 Å². The van der Waals surface area contributed by atoms with Gasteiger partial charge in [0.15, 0.2) is 5.82 Å². The third-order valence-corrected chi connectivity index (χ3v) is 3.60. The molecule has 0 atom stereocenters. The van der Waals surface area contributed by atoms with Gasteiger partial charge in [0.05, 0.1) is 0 Å². The largest absolute Gasteiger partial charge is 0.508 e. The average Bonchev–Trinajstić information content (AvgIpc) is 2.94. The summed E-state index contributed by atoms with van der Waals surface area (Å²) in [5.41, 5.74) is 0.848. The van der Waals surface area contributed by atoms with Crippen LogP contribution in [0.5, 0.6) is 5.75 Å². The van der Waals surface area contributed by atoms with Crippen molar-refractivity contribution in [3.05, 3.63) is 40.7 Å². The van der Waals surface area contributed by atoms with Gasteiger partial charge in [-0.05, 0) is 6.07 Å². The normalized spacial score (nSPS) is 11.2. The first-order chi connectivity index (χ1) is 9.28. The molecule has 0 saturated heterocycles. The zero-order valence-corrected chi connectivity index (χ0v) is 11.1. The van der Waals surface area contributed by atoms with E-state index in [1.54, 1.807) is 23.8 Å². The number of nitrogens with zero attached hydrogens (tertiary/aromatic N) is 4. The maximum atomic E-state index is 9.76. The molecule has 0 fully saturated rings. The smallest absolute Gasteiger partial charge is 0.234 e. The van der Waals surface area contributed by atoms with Crippen LogP contribution >= 0.6 is 11.3 Å². The van der Waals surface area contributed by atoms with Gasteiger partial charge in [0.1, 0.15) is 17.4 Å². The van der Waals surface area contributed by atoms with Crippen LogP contribution in [0.25, 0.3) is 4.96 Å².